The summed E-state index contributed by atoms with van der Waals surface area (Å²) in [5, 5.41) is 0. The zero-order valence-electron chi connectivity index (χ0n) is 17.7. The Morgan fingerprint density at radius 3 is 2.52 bits per heavy atom. The number of nitrogens with zero attached hydrogens (tertiary/aromatic N) is 2. The molecule has 1 amide bonds. The molecule has 5 rings (SSSR count). The highest BCUT2D eigenvalue weighted by atomic mass is 16.5. The lowest BCUT2D eigenvalue weighted by Crippen LogP contribution is -2.50. The normalized spacial score (nSPS) is 19.6. The molecule has 158 valence electrons. The second kappa shape index (κ2) is 8.06. The van der Waals surface area contributed by atoms with Crippen LogP contribution in [0.15, 0.2) is 71.5 Å². The molecule has 1 fully saturated rings. The molecule has 0 N–H and O–H groups in total. The summed E-state index contributed by atoms with van der Waals surface area (Å²) in [6.45, 7) is 4.05. The fourth-order valence-corrected chi connectivity index (χ4v) is 4.98. The van der Waals surface area contributed by atoms with Crippen molar-refractivity contribution >= 4 is 5.91 Å². The number of fused-ring (bicyclic) bond motifs is 4. The van der Waals surface area contributed by atoms with Crippen molar-refractivity contribution in [3.63, 3.8) is 0 Å². The number of rotatable bonds is 4. The van der Waals surface area contributed by atoms with E-state index in [4.69, 9.17) is 4.74 Å². The number of amides is 1. The molecule has 2 aliphatic rings. The fourth-order valence-electron chi connectivity index (χ4n) is 4.98. The highest BCUT2D eigenvalue weighted by Crippen LogP contribution is 2.36. The first kappa shape index (κ1) is 19.6. The van der Waals surface area contributed by atoms with Crippen molar-refractivity contribution in [1.29, 1.82) is 0 Å². The number of likely N-dealkylation sites (tertiary alicyclic amines) is 1. The molecule has 2 aromatic carbocycles. The van der Waals surface area contributed by atoms with Crippen molar-refractivity contribution in [3.8, 4) is 16.9 Å². The summed E-state index contributed by atoms with van der Waals surface area (Å²) in [4.78, 5) is 28.0. The molecule has 5 nitrogen and oxygen atoms in total. The number of hydrogen-bond acceptors (Lipinski definition) is 3. The monoisotopic (exact) mass is 414 g/mol. The van der Waals surface area contributed by atoms with Crippen LogP contribution in [0.3, 0.4) is 0 Å². The molecule has 1 aromatic heterocycles. The van der Waals surface area contributed by atoms with Gasteiger partial charge in [0.2, 0.25) is 0 Å². The number of benzene rings is 2. The van der Waals surface area contributed by atoms with Crippen LogP contribution in [0.1, 0.15) is 23.6 Å². The van der Waals surface area contributed by atoms with Crippen LogP contribution in [0.4, 0.5) is 0 Å². The topological polar surface area (TPSA) is 51.5 Å². The van der Waals surface area contributed by atoms with Crippen LogP contribution < -0.4 is 10.3 Å². The van der Waals surface area contributed by atoms with Crippen LogP contribution in [0, 0.1) is 12.8 Å². The number of pyridine rings is 1. The van der Waals surface area contributed by atoms with Crippen molar-refractivity contribution in [2.75, 3.05) is 19.7 Å². The van der Waals surface area contributed by atoms with Gasteiger partial charge in [-0.05, 0) is 54.7 Å². The van der Waals surface area contributed by atoms with Gasteiger partial charge in [0.1, 0.15) is 5.75 Å². The maximum atomic E-state index is 13.3. The third-order valence-electron chi connectivity index (χ3n) is 6.50. The van der Waals surface area contributed by atoms with Gasteiger partial charge in [-0.15, -0.1) is 0 Å². The summed E-state index contributed by atoms with van der Waals surface area (Å²) in [5.74, 6) is 1.18. The predicted octanol–water partition coefficient (Wildman–Crippen LogP) is 3.85. The first-order valence-electron chi connectivity index (χ1n) is 10.9. The maximum Gasteiger partial charge on any atom is 0.260 e. The van der Waals surface area contributed by atoms with Gasteiger partial charge < -0.3 is 14.2 Å². The average Bonchev–Trinajstić information content (AvgIpc) is 2.79. The van der Waals surface area contributed by atoms with Crippen LogP contribution in [0.25, 0.3) is 11.1 Å². The zero-order valence-corrected chi connectivity index (χ0v) is 17.7. The Morgan fingerprint density at radius 1 is 0.935 bits per heavy atom. The molecule has 2 atom stereocenters. The Bertz CT molecular complexity index is 1170. The first-order chi connectivity index (χ1) is 15.1. The Labute approximate surface area is 181 Å². The molecule has 0 unspecified atom stereocenters. The molecule has 0 radical (unpaired) electrons. The second-order valence-electron chi connectivity index (χ2n) is 8.60. The Balaban J connectivity index is 1.36. The SMILES string of the molecule is Cc1ccccc1-c1ccc2n(c1=O)C[C@H]1C[C@@H]2CN(C(=O)COc2ccccc2)C1. The number of piperidine rings is 1. The third-order valence-corrected chi connectivity index (χ3v) is 6.50. The minimum Gasteiger partial charge on any atom is -0.484 e. The van der Waals surface area contributed by atoms with E-state index in [0.717, 1.165) is 28.8 Å². The highest BCUT2D eigenvalue weighted by molar-refractivity contribution is 5.78. The molecule has 0 aliphatic carbocycles. The molecular formula is C26H26N2O3. The lowest BCUT2D eigenvalue weighted by atomic mass is 9.82. The lowest BCUT2D eigenvalue weighted by molar-refractivity contribution is -0.136. The van der Waals surface area contributed by atoms with E-state index in [0.29, 0.717) is 25.4 Å². The minimum absolute atomic E-state index is 0.00544. The number of para-hydroxylation sites is 1. The number of aryl methyl sites for hydroxylation is 1. The first-order valence-corrected chi connectivity index (χ1v) is 10.9. The number of hydrogen-bond donors (Lipinski definition) is 0. The fraction of sp³-hybridized carbons (Fsp3) is 0.308. The zero-order chi connectivity index (χ0) is 21.4. The van der Waals surface area contributed by atoms with E-state index in [-0.39, 0.29) is 29.9 Å². The van der Waals surface area contributed by atoms with Gasteiger partial charge in [0.15, 0.2) is 6.61 Å². The Kier molecular flexibility index (Phi) is 5.10. The number of aromatic nitrogens is 1. The van der Waals surface area contributed by atoms with Crippen LogP contribution in [0.5, 0.6) is 5.75 Å². The van der Waals surface area contributed by atoms with Crippen molar-refractivity contribution in [2.24, 2.45) is 5.92 Å². The van der Waals surface area contributed by atoms with E-state index in [9.17, 15) is 9.59 Å². The van der Waals surface area contributed by atoms with Crippen LogP contribution in [0.2, 0.25) is 0 Å². The smallest absolute Gasteiger partial charge is 0.260 e. The second-order valence-corrected chi connectivity index (χ2v) is 8.60. The molecule has 5 heteroatoms. The highest BCUT2D eigenvalue weighted by Gasteiger charge is 2.36. The predicted molar refractivity (Wildman–Crippen MR) is 120 cm³/mol. The summed E-state index contributed by atoms with van der Waals surface area (Å²) in [5.41, 5.74) is 3.97. The quantitative estimate of drug-likeness (QED) is 0.652. The van der Waals surface area contributed by atoms with Gasteiger partial charge in [-0.3, -0.25) is 9.59 Å². The number of carbonyl (C=O) groups is 1. The summed E-state index contributed by atoms with van der Waals surface area (Å²) < 4.78 is 7.61. The summed E-state index contributed by atoms with van der Waals surface area (Å²) >= 11 is 0. The number of carbonyl (C=O) groups excluding carboxylic acids is 1. The van der Waals surface area contributed by atoms with Crippen LogP contribution in [-0.2, 0) is 11.3 Å². The van der Waals surface area contributed by atoms with E-state index in [2.05, 4.69) is 6.07 Å². The molecule has 1 saturated heterocycles. The van der Waals surface area contributed by atoms with Gasteiger partial charge in [0, 0.05) is 36.8 Å². The molecule has 2 bridgehead atoms. The van der Waals surface area contributed by atoms with Gasteiger partial charge in [-0.25, -0.2) is 0 Å². The van der Waals surface area contributed by atoms with Gasteiger partial charge in [0.05, 0.1) is 0 Å². The average molecular weight is 415 g/mol. The molecule has 3 aromatic rings. The maximum absolute atomic E-state index is 13.3. The Hall–Kier alpha value is -3.34. The molecule has 0 saturated carbocycles. The van der Waals surface area contributed by atoms with E-state index < -0.39 is 0 Å². The third kappa shape index (κ3) is 3.76. The number of ether oxygens (including phenoxy) is 1. The summed E-state index contributed by atoms with van der Waals surface area (Å²) in [7, 11) is 0. The summed E-state index contributed by atoms with van der Waals surface area (Å²) in [6, 6.07) is 21.5. The van der Waals surface area contributed by atoms with Gasteiger partial charge >= 0.3 is 0 Å². The van der Waals surface area contributed by atoms with E-state index in [1.54, 1.807) is 0 Å². The molecule has 2 aliphatic heterocycles. The van der Waals surface area contributed by atoms with Gasteiger partial charge in [0.25, 0.3) is 11.5 Å². The van der Waals surface area contributed by atoms with E-state index >= 15 is 0 Å². The molecule has 31 heavy (non-hydrogen) atoms. The van der Waals surface area contributed by atoms with Crippen LogP contribution >= 0.6 is 0 Å². The van der Waals surface area contributed by atoms with Crippen molar-refractivity contribution in [1.82, 2.24) is 9.47 Å². The Morgan fingerprint density at radius 2 is 1.71 bits per heavy atom. The van der Waals surface area contributed by atoms with E-state index in [1.807, 2.05) is 77.1 Å². The standard InChI is InChI=1S/C26H26N2O3/c1-18-7-5-6-10-22(18)23-11-12-24-20-13-19(15-28(24)26(23)30)14-27(16-20)25(29)17-31-21-8-3-2-4-9-21/h2-12,19-20H,13-17H2,1H3/t19-,20+/m0/s1. The molecular weight excluding hydrogens is 388 g/mol. The summed E-state index contributed by atoms with van der Waals surface area (Å²) in [6.07, 6.45) is 1.02. The van der Waals surface area contributed by atoms with E-state index in [1.165, 1.54) is 0 Å². The van der Waals surface area contributed by atoms with Crippen molar-refractivity contribution < 1.29 is 9.53 Å². The van der Waals surface area contributed by atoms with Gasteiger partial charge in [-0.2, -0.15) is 0 Å². The lowest BCUT2D eigenvalue weighted by Gasteiger charge is -2.42. The minimum atomic E-state index is 0.00544. The largest absolute Gasteiger partial charge is 0.484 e. The van der Waals surface area contributed by atoms with Gasteiger partial charge in [-0.1, -0.05) is 42.5 Å². The molecule has 0 spiro atoms. The van der Waals surface area contributed by atoms with Crippen LogP contribution in [-0.4, -0.2) is 35.1 Å². The molecule has 3 heterocycles. The van der Waals surface area contributed by atoms with Crippen molar-refractivity contribution in [3.05, 3.63) is 88.3 Å². The van der Waals surface area contributed by atoms with Crippen molar-refractivity contribution in [2.45, 2.75) is 25.8 Å².